The number of hydrogen-bond donors (Lipinski definition) is 2. The molecular formula is C21H20N4O2. The van der Waals surface area contributed by atoms with Crippen molar-refractivity contribution in [2.45, 2.75) is 20.4 Å². The van der Waals surface area contributed by atoms with E-state index in [-0.39, 0.29) is 11.8 Å². The molecule has 27 heavy (non-hydrogen) atoms. The number of amides is 2. The van der Waals surface area contributed by atoms with Gasteiger partial charge in [-0.15, -0.1) is 0 Å². The van der Waals surface area contributed by atoms with Crippen LogP contribution in [0.3, 0.4) is 0 Å². The van der Waals surface area contributed by atoms with Gasteiger partial charge < -0.3 is 10.6 Å². The number of hydrogen-bond acceptors (Lipinski definition) is 4. The molecule has 2 N–H and O–H groups in total. The van der Waals surface area contributed by atoms with Gasteiger partial charge in [0.2, 0.25) is 0 Å². The molecule has 136 valence electrons. The quantitative estimate of drug-likeness (QED) is 0.731. The molecule has 3 aromatic rings. The van der Waals surface area contributed by atoms with Crippen molar-refractivity contribution >= 4 is 17.5 Å². The minimum atomic E-state index is -0.311. The van der Waals surface area contributed by atoms with E-state index >= 15 is 0 Å². The molecule has 0 aliphatic rings. The maximum absolute atomic E-state index is 12.5. The van der Waals surface area contributed by atoms with E-state index in [1.54, 1.807) is 12.4 Å². The minimum absolute atomic E-state index is 0.292. The van der Waals surface area contributed by atoms with Gasteiger partial charge in [-0.2, -0.15) is 0 Å². The predicted octanol–water partition coefficient (Wildman–Crippen LogP) is 3.28. The van der Waals surface area contributed by atoms with Crippen LogP contribution < -0.4 is 10.6 Å². The molecule has 2 aromatic heterocycles. The van der Waals surface area contributed by atoms with Gasteiger partial charge in [0.15, 0.2) is 0 Å². The second-order valence-electron chi connectivity index (χ2n) is 6.25. The molecule has 0 saturated heterocycles. The van der Waals surface area contributed by atoms with E-state index in [9.17, 15) is 9.59 Å². The summed E-state index contributed by atoms with van der Waals surface area (Å²) in [5, 5.41) is 5.64. The van der Waals surface area contributed by atoms with Crippen LogP contribution in [-0.2, 0) is 6.54 Å². The number of anilines is 1. The van der Waals surface area contributed by atoms with E-state index in [1.165, 1.54) is 18.5 Å². The van der Waals surface area contributed by atoms with E-state index in [0.29, 0.717) is 23.4 Å². The molecule has 2 heterocycles. The van der Waals surface area contributed by atoms with Gasteiger partial charge in [-0.1, -0.05) is 6.07 Å². The Kier molecular flexibility index (Phi) is 5.56. The van der Waals surface area contributed by atoms with Crippen molar-refractivity contribution in [2.75, 3.05) is 5.32 Å². The zero-order valence-corrected chi connectivity index (χ0v) is 15.2. The van der Waals surface area contributed by atoms with E-state index < -0.39 is 0 Å². The molecule has 0 atom stereocenters. The Morgan fingerprint density at radius 1 is 0.852 bits per heavy atom. The summed E-state index contributed by atoms with van der Waals surface area (Å²) >= 11 is 0. The summed E-state index contributed by atoms with van der Waals surface area (Å²) < 4.78 is 0. The van der Waals surface area contributed by atoms with Gasteiger partial charge in [0.25, 0.3) is 11.8 Å². The van der Waals surface area contributed by atoms with Gasteiger partial charge in [0.1, 0.15) is 0 Å². The first-order chi connectivity index (χ1) is 13.0. The average Bonchev–Trinajstić information content (AvgIpc) is 2.70. The smallest absolute Gasteiger partial charge is 0.257 e. The van der Waals surface area contributed by atoms with Crippen molar-refractivity contribution in [3.63, 3.8) is 0 Å². The maximum atomic E-state index is 12.5. The Hall–Kier alpha value is -3.54. The molecule has 0 saturated carbocycles. The molecule has 0 fully saturated rings. The summed E-state index contributed by atoms with van der Waals surface area (Å²) in [5.41, 5.74) is 4.55. The number of carbonyl (C=O) groups excluding carboxylic acids is 2. The van der Waals surface area contributed by atoms with Crippen LogP contribution in [0, 0.1) is 13.8 Å². The van der Waals surface area contributed by atoms with Crippen molar-refractivity contribution in [2.24, 2.45) is 0 Å². The first kappa shape index (κ1) is 18.3. The average molecular weight is 360 g/mol. The van der Waals surface area contributed by atoms with Gasteiger partial charge in [-0.25, -0.2) is 0 Å². The van der Waals surface area contributed by atoms with Crippen LogP contribution in [0.15, 0.2) is 61.2 Å². The van der Waals surface area contributed by atoms with E-state index in [0.717, 1.165) is 16.7 Å². The highest BCUT2D eigenvalue weighted by Crippen LogP contribution is 2.15. The van der Waals surface area contributed by atoms with E-state index in [2.05, 4.69) is 20.6 Å². The zero-order valence-electron chi connectivity index (χ0n) is 15.2. The number of nitrogens with one attached hydrogen (secondary N) is 2. The van der Waals surface area contributed by atoms with Crippen LogP contribution >= 0.6 is 0 Å². The summed E-state index contributed by atoms with van der Waals surface area (Å²) in [6, 6.07) is 10.9. The fourth-order valence-corrected chi connectivity index (χ4v) is 2.50. The lowest BCUT2D eigenvalue weighted by Crippen LogP contribution is -2.23. The van der Waals surface area contributed by atoms with Crippen molar-refractivity contribution in [3.8, 4) is 0 Å². The van der Waals surface area contributed by atoms with Gasteiger partial charge in [-0.05, 0) is 60.9 Å². The largest absolute Gasteiger partial charge is 0.348 e. The molecule has 0 aliphatic heterocycles. The van der Waals surface area contributed by atoms with E-state index in [1.807, 2.05) is 44.2 Å². The van der Waals surface area contributed by atoms with Gasteiger partial charge in [0, 0.05) is 37.0 Å². The summed E-state index contributed by atoms with van der Waals surface area (Å²) in [7, 11) is 0. The molecule has 0 spiro atoms. The fraction of sp³-hybridized carbons (Fsp3) is 0.143. The SMILES string of the molecule is Cc1ccc(NC(=O)c2cncc(C(=O)NCc3ccncc3)c2)cc1C. The molecule has 1 aromatic carbocycles. The Balaban J connectivity index is 1.67. The Bertz CT molecular complexity index is 971. The van der Waals surface area contributed by atoms with Crippen molar-refractivity contribution in [1.82, 2.24) is 15.3 Å². The topological polar surface area (TPSA) is 84.0 Å². The van der Waals surface area contributed by atoms with Crippen LogP contribution in [0.2, 0.25) is 0 Å². The van der Waals surface area contributed by atoms with Crippen LogP contribution in [0.4, 0.5) is 5.69 Å². The van der Waals surface area contributed by atoms with Crippen molar-refractivity contribution < 1.29 is 9.59 Å². The maximum Gasteiger partial charge on any atom is 0.257 e. The third-order valence-corrected chi connectivity index (χ3v) is 4.23. The van der Waals surface area contributed by atoms with Crippen LogP contribution in [0.5, 0.6) is 0 Å². The zero-order chi connectivity index (χ0) is 19.2. The predicted molar refractivity (Wildman–Crippen MR) is 104 cm³/mol. The number of aryl methyl sites for hydroxylation is 2. The molecular weight excluding hydrogens is 340 g/mol. The minimum Gasteiger partial charge on any atom is -0.348 e. The van der Waals surface area contributed by atoms with Crippen LogP contribution in [0.1, 0.15) is 37.4 Å². The molecule has 0 unspecified atom stereocenters. The number of aromatic nitrogens is 2. The number of carbonyl (C=O) groups is 2. The van der Waals surface area contributed by atoms with E-state index in [4.69, 9.17) is 0 Å². The summed E-state index contributed by atoms with van der Waals surface area (Å²) in [4.78, 5) is 32.8. The first-order valence-electron chi connectivity index (χ1n) is 8.53. The highest BCUT2D eigenvalue weighted by molar-refractivity contribution is 6.05. The molecule has 0 bridgehead atoms. The number of pyridine rings is 2. The third kappa shape index (κ3) is 4.76. The second kappa shape index (κ2) is 8.23. The monoisotopic (exact) mass is 360 g/mol. The lowest BCUT2D eigenvalue weighted by Gasteiger charge is -2.09. The lowest BCUT2D eigenvalue weighted by molar-refractivity contribution is 0.0950. The lowest BCUT2D eigenvalue weighted by atomic mass is 10.1. The number of nitrogens with zero attached hydrogens (tertiary/aromatic N) is 2. The third-order valence-electron chi connectivity index (χ3n) is 4.23. The second-order valence-corrected chi connectivity index (χ2v) is 6.25. The molecule has 6 nitrogen and oxygen atoms in total. The van der Waals surface area contributed by atoms with Crippen molar-refractivity contribution in [1.29, 1.82) is 0 Å². The molecule has 2 amide bonds. The van der Waals surface area contributed by atoms with Gasteiger partial charge in [0.05, 0.1) is 11.1 Å². The molecule has 6 heteroatoms. The summed E-state index contributed by atoms with van der Waals surface area (Å²) in [6.45, 7) is 4.37. The standard InChI is InChI=1S/C21H20N4O2/c1-14-3-4-19(9-15(14)2)25-21(27)18-10-17(12-23-13-18)20(26)24-11-16-5-7-22-8-6-16/h3-10,12-13H,11H2,1-2H3,(H,24,26)(H,25,27). The summed E-state index contributed by atoms with van der Waals surface area (Å²) in [5.74, 6) is -0.602. The molecule has 3 rings (SSSR count). The van der Waals surface area contributed by atoms with Crippen molar-refractivity contribution in [3.05, 3.63) is 89.0 Å². The first-order valence-corrected chi connectivity index (χ1v) is 8.53. The summed E-state index contributed by atoms with van der Waals surface area (Å²) in [6.07, 6.45) is 6.21. The highest BCUT2D eigenvalue weighted by Gasteiger charge is 2.12. The van der Waals surface area contributed by atoms with Crippen LogP contribution in [0.25, 0.3) is 0 Å². The Morgan fingerprint density at radius 3 is 2.26 bits per heavy atom. The van der Waals surface area contributed by atoms with Crippen LogP contribution in [-0.4, -0.2) is 21.8 Å². The number of benzene rings is 1. The highest BCUT2D eigenvalue weighted by atomic mass is 16.2. The van der Waals surface area contributed by atoms with Gasteiger partial charge >= 0.3 is 0 Å². The Morgan fingerprint density at radius 2 is 1.56 bits per heavy atom. The molecule has 0 radical (unpaired) electrons. The molecule has 0 aliphatic carbocycles. The van der Waals surface area contributed by atoms with Gasteiger partial charge in [-0.3, -0.25) is 19.6 Å². The number of rotatable bonds is 5. The Labute approximate surface area is 157 Å². The normalized spacial score (nSPS) is 10.3. The fourth-order valence-electron chi connectivity index (χ4n) is 2.50.